The molecular formula is C9H4ClF5N2S. The molecule has 2 aromatic rings. The van der Waals surface area contributed by atoms with E-state index in [2.05, 4.69) is 9.97 Å². The summed E-state index contributed by atoms with van der Waals surface area (Å²) in [5.74, 6) is 0. The second-order valence-corrected chi connectivity index (χ2v) is 4.86. The monoisotopic (exact) mass is 302 g/mol. The minimum absolute atomic E-state index is 0.264. The van der Waals surface area contributed by atoms with Gasteiger partial charge in [0.1, 0.15) is 0 Å². The number of alkyl halides is 5. The number of hydrogen-bond donors (Lipinski definition) is 1. The van der Waals surface area contributed by atoms with Crippen molar-refractivity contribution in [2.45, 2.75) is 16.6 Å². The molecule has 0 bridgehead atoms. The molecule has 2 nitrogen and oxygen atoms in total. The van der Waals surface area contributed by atoms with Crippen LogP contribution in [0.2, 0.25) is 5.02 Å². The Balaban J connectivity index is 2.33. The highest BCUT2D eigenvalue weighted by atomic mass is 35.5. The molecule has 1 aromatic heterocycles. The Hall–Kier alpha value is -1.02. The zero-order valence-electron chi connectivity index (χ0n) is 8.36. The second kappa shape index (κ2) is 4.27. The first-order valence-electron chi connectivity index (χ1n) is 4.48. The summed E-state index contributed by atoms with van der Waals surface area (Å²) in [6.07, 6.45) is -5.63. The largest absolute Gasteiger partial charge is 0.464 e. The van der Waals surface area contributed by atoms with Gasteiger partial charge in [-0.25, -0.2) is 4.98 Å². The Morgan fingerprint density at radius 1 is 1.17 bits per heavy atom. The van der Waals surface area contributed by atoms with Crippen LogP contribution in [-0.2, 0) is 0 Å². The van der Waals surface area contributed by atoms with E-state index in [4.69, 9.17) is 11.6 Å². The van der Waals surface area contributed by atoms with Crippen LogP contribution in [0.1, 0.15) is 0 Å². The van der Waals surface area contributed by atoms with E-state index in [0.29, 0.717) is 10.5 Å². The third-order valence-corrected chi connectivity index (χ3v) is 3.09. The molecule has 0 spiro atoms. The molecule has 1 N–H and O–H groups in total. The standard InChI is InChI=1S/C9H4ClF5N2S/c10-4-1-2-5-6(3-4)17-7(16-5)18-9(14,15)8(11,12)13/h1-3H,(H,16,17). The molecule has 0 saturated heterocycles. The van der Waals surface area contributed by atoms with Crippen LogP contribution in [0.15, 0.2) is 23.4 Å². The Morgan fingerprint density at radius 2 is 1.83 bits per heavy atom. The highest BCUT2D eigenvalue weighted by Crippen LogP contribution is 2.46. The molecule has 0 radical (unpaired) electrons. The highest BCUT2D eigenvalue weighted by Gasteiger charge is 2.59. The number of fused-ring (bicyclic) bond motifs is 1. The van der Waals surface area contributed by atoms with Crippen molar-refractivity contribution in [2.24, 2.45) is 0 Å². The predicted molar refractivity (Wildman–Crippen MR) is 58.0 cm³/mol. The van der Waals surface area contributed by atoms with Crippen molar-refractivity contribution in [2.75, 3.05) is 0 Å². The van der Waals surface area contributed by atoms with Gasteiger partial charge in [-0.2, -0.15) is 22.0 Å². The highest BCUT2D eigenvalue weighted by molar-refractivity contribution is 8.00. The average molecular weight is 303 g/mol. The number of benzene rings is 1. The first kappa shape index (κ1) is 13.4. The van der Waals surface area contributed by atoms with E-state index in [0.717, 1.165) is 0 Å². The van der Waals surface area contributed by atoms with Crippen molar-refractivity contribution in [3.05, 3.63) is 23.2 Å². The first-order valence-corrected chi connectivity index (χ1v) is 5.67. The van der Waals surface area contributed by atoms with Gasteiger partial charge in [-0.15, -0.1) is 0 Å². The number of rotatable bonds is 2. The number of halogens is 6. The van der Waals surface area contributed by atoms with Gasteiger partial charge >= 0.3 is 11.4 Å². The van der Waals surface area contributed by atoms with Gasteiger partial charge in [0.05, 0.1) is 11.0 Å². The summed E-state index contributed by atoms with van der Waals surface area (Å²) in [4.78, 5) is 5.97. The number of nitrogens with one attached hydrogen (secondary N) is 1. The lowest BCUT2D eigenvalue weighted by Crippen LogP contribution is -2.32. The summed E-state index contributed by atoms with van der Waals surface area (Å²) in [6.45, 7) is 0. The quantitative estimate of drug-likeness (QED) is 0.655. The van der Waals surface area contributed by atoms with Gasteiger partial charge in [0.15, 0.2) is 5.16 Å². The lowest BCUT2D eigenvalue weighted by atomic mass is 10.3. The fraction of sp³-hybridized carbons (Fsp3) is 0.222. The maximum Gasteiger partial charge on any atom is 0.464 e. The van der Waals surface area contributed by atoms with Crippen LogP contribution in [0.3, 0.4) is 0 Å². The third-order valence-electron chi connectivity index (χ3n) is 1.98. The Morgan fingerprint density at radius 3 is 2.44 bits per heavy atom. The number of thioether (sulfide) groups is 1. The first-order chi connectivity index (χ1) is 8.19. The number of nitrogens with zero attached hydrogens (tertiary/aromatic N) is 1. The van der Waals surface area contributed by atoms with Crippen molar-refractivity contribution in [1.82, 2.24) is 9.97 Å². The van der Waals surface area contributed by atoms with Gasteiger partial charge in [0, 0.05) is 5.02 Å². The van der Waals surface area contributed by atoms with Crippen LogP contribution in [0.25, 0.3) is 11.0 Å². The summed E-state index contributed by atoms with van der Waals surface area (Å²) in [5.41, 5.74) is 0.558. The molecule has 1 aromatic carbocycles. The Labute approximate surface area is 107 Å². The van der Waals surface area contributed by atoms with Crippen molar-refractivity contribution in [3.63, 3.8) is 0 Å². The number of H-pyrrole nitrogens is 1. The maximum atomic E-state index is 12.8. The van der Waals surface area contributed by atoms with E-state index in [9.17, 15) is 22.0 Å². The van der Waals surface area contributed by atoms with Crippen LogP contribution in [-0.4, -0.2) is 21.4 Å². The topological polar surface area (TPSA) is 28.7 Å². The minimum atomic E-state index is -5.63. The molecule has 9 heteroatoms. The van der Waals surface area contributed by atoms with E-state index < -0.39 is 28.3 Å². The van der Waals surface area contributed by atoms with Gasteiger partial charge in [-0.1, -0.05) is 11.6 Å². The zero-order chi connectivity index (χ0) is 13.6. The Kier molecular flexibility index (Phi) is 3.18. The van der Waals surface area contributed by atoms with E-state index in [1.54, 1.807) is 0 Å². The fourth-order valence-electron chi connectivity index (χ4n) is 1.19. The molecule has 2 rings (SSSR count). The summed E-state index contributed by atoms with van der Waals surface area (Å²) >= 11 is 4.97. The summed E-state index contributed by atoms with van der Waals surface area (Å²) in [6, 6.07) is 4.27. The van der Waals surface area contributed by atoms with E-state index in [1.165, 1.54) is 18.2 Å². The summed E-state index contributed by atoms with van der Waals surface area (Å²) in [7, 11) is 0. The van der Waals surface area contributed by atoms with E-state index >= 15 is 0 Å². The number of aromatic nitrogens is 2. The molecule has 0 atom stereocenters. The molecule has 18 heavy (non-hydrogen) atoms. The minimum Gasteiger partial charge on any atom is -0.333 e. The molecule has 0 aliphatic rings. The van der Waals surface area contributed by atoms with Crippen LogP contribution < -0.4 is 0 Å². The zero-order valence-corrected chi connectivity index (χ0v) is 9.93. The van der Waals surface area contributed by atoms with Gasteiger partial charge in [0.25, 0.3) is 0 Å². The van der Waals surface area contributed by atoms with Gasteiger partial charge in [-0.05, 0) is 30.0 Å². The third kappa shape index (κ3) is 2.54. The lowest BCUT2D eigenvalue weighted by Gasteiger charge is -2.16. The van der Waals surface area contributed by atoms with Crippen molar-refractivity contribution in [1.29, 1.82) is 0 Å². The molecule has 98 valence electrons. The lowest BCUT2D eigenvalue weighted by molar-refractivity contribution is -0.237. The van der Waals surface area contributed by atoms with Crippen LogP contribution in [0, 0.1) is 0 Å². The number of imidazole rings is 1. The Bertz CT molecular complexity index is 580. The van der Waals surface area contributed by atoms with E-state index in [-0.39, 0.29) is 5.52 Å². The van der Waals surface area contributed by atoms with Crippen LogP contribution in [0.5, 0.6) is 0 Å². The summed E-state index contributed by atoms with van der Waals surface area (Å²) < 4.78 is 61.6. The van der Waals surface area contributed by atoms with Gasteiger partial charge in [-0.3, -0.25) is 0 Å². The molecule has 0 aliphatic carbocycles. The van der Waals surface area contributed by atoms with Gasteiger partial charge in [0.2, 0.25) is 0 Å². The maximum absolute atomic E-state index is 12.8. The number of aromatic amines is 1. The molecule has 1 heterocycles. The van der Waals surface area contributed by atoms with Crippen molar-refractivity contribution >= 4 is 34.4 Å². The molecule has 0 saturated carbocycles. The molecule has 0 fully saturated rings. The molecular weight excluding hydrogens is 299 g/mol. The van der Waals surface area contributed by atoms with Crippen molar-refractivity contribution in [3.8, 4) is 0 Å². The molecule has 0 amide bonds. The molecule has 0 unspecified atom stereocenters. The van der Waals surface area contributed by atoms with Crippen molar-refractivity contribution < 1.29 is 22.0 Å². The average Bonchev–Trinajstić information content (AvgIpc) is 2.56. The second-order valence-electron chi connectivity index (χ2n) is 3.32. The number of hydrogen-bond acceptors (Lipinski definition) is 2. The van der Waals surface area contributed by atoms with Crippen LogP contribution in [0.4, 0.5) is 22.0 Å². The van der Waals surface area contributed by atoms with E-state index in [1.807, 2.05) is 0 Å². The fourth-order valence-corrected chi connectivity index (χ4v) is 2.02. The summed E-state index contributed by atoms with van der Waals surface area (Å²) in [5, 5.41) is -5.09. The predicted octanol–water partition coefficient (Wildman–Crippen LogP) is 4.46. The van der Waals surface area contributed by atoms with Crippen LogP contribution >= 0.6 is 23.4 Å². The molecule has 0 aliphatic heterocycles. The van der Waals surface area contributed by atoms with Gasteiger partial charge < -0.3 is 4.98 Å². The SMILES string of the molecule is FC(F)(F)C(F)(F)Sc1nc2ccc(Cl)cc2[nH]1. The normalized spacial score (nSPS) is 13.2. The smallest absolute Gasteiger partial charge is 0.333 e.